The molecule has 2 N–H and O–H groups in total. The molecular weight excluding hydrogens is 242 g/mol. The average molecular weight is 267 g/mol. The summed E-state index contributed by atoms with van der Waals surface area (Å²) in [5.41, 5.74) is 8.52. The fourth-order valence-corrected chi connectivity index (χ4v) is 3.19. The van der Waals surface area contributed by atoms with Crippen LogP contribution in [0.2, 0.25) is 0 Å². The molecule has 3 heteroatoms. The minimum absolute atomic E-state index is 0.106. The molecule has 0 spiro atoms. The van der Waals surface area contributed by atoms with Crippen molar-refractivity contribution in [1.29, 1.82) is 0 Å². The lowest BCUT2D eigenvalue weighted by atomic mass is 10.0. The zero-order valence-electron chi connectivity index (χ0n) is 11.7. The van der Waals surface area contributed by atoms with Gasteiger partial charge >= 0.3 is 0 Å². The van der Waals surface area contributed by atoms with E-state index in [0.29, 0.717) is 11.7 Å². The Labute approximate surface area is 113 Å². The van der Waals surface area contributed by atoms with E-state index in [2.05, 4.69) is 38.1 Å². The molecular formula is C15H25NOS. The van der Waals surface area contributed by atoms with E-state index in [1.54, 1.807) is 0 Å². The molecule has 2 unspecified atom stereocenters. The summed E-state index contributed by atoms with van der Waals surface area (Å²) >= 11 is 0. The highest BCUT2D eigenvalue weighted by Gasteiger charge is 2.10. The molecule has 0 saturated heterocycles. The standard InChI is InChI=1S/C15H25NOS/c1-4-9-18(17)11-15(16)14-7-5-13(6-8-14)10-12(2)3/h5-8,12,15H,4,9-11,16H2,1-3H3. The van der Waals surface area contributed by atoms with E-state index < -0.39 is 10.8 Å². The van der Waals surface area contributed by atoms with Crippen LogP contribution >= 0.6 is 0 Å². The number of hydrogen-bond donors (Lipinski definition) is 1. The second-order valence-electron chi connectivity index (χ2n) is 5.26. The van der Waals surface area contributed by atoms with Crippen molar-refractivity contribution in [3.63, 3.8) is 0 Å². The highest BCUT2D eigenvalue weighted by Crippen LogP contribution is 2.15. The van der Waals surface area contributed by atoms with Crippen molar-refractivity contribution < 1.29 is 4.21 Å². The summed E-state index contributed by atoms with van der Waals surface area (Å²) < 4.78 is 11.7. The Morgan fingerprint density at radius 1 is 1.22 bits per heavy atom. The predicted molar refractivity (Wildman–Crippen MR) is 80.1 cm³/mol. The molecule has 0 aliphatic heterocycles. The lowest BCUT2D eigenvalue weighted by molar-refractivity contribution is 0.646. The maximum absolute atomic E-state index is 11.7. The van der Waals surface area contributed by atoms with Gasteiger partial charge in [-0.05, 0) is 29.9 Å². The van der Waals surface area contributed by atoms with Crippen LogP contribution in [-0.4, -0.2) is 15.7 Å². The lowest BCUT2D eigenvalue weighted by Crippen LogP contribution is -2.19. The summed E-state index contributed by atoms with van der Waals surface area (Å²) in [5, 5.41) is 0. The number of rotatable bonds is 7. The molecule has 18 heavy (non-hydrogen) atoms. The van der Waals surface area contributed by atoms with Gasteiger partial charge in [-0.2, -0.15) is 0 Å². The van der Waals surface area contributed by atoms with Crippen LogP contribution < -0.4 is 5.73 Å². The van der Waals surface area contributed by atoms with E-state index in [1.807, 2.05) is 6.92 Å². The summed E-state index contributed by atoms with van der Waals surface area (Å²) in [5.74, 6) is 1.98. The van der Waals surface area contributed by atoms with E-state index in [9.17, 15) is 4.21 Å². The molecule has 1 aromatic carbocycles. The van der Waals surface area contributed by atoms with Gasteiger partial charge in [0.2, 0.25) is 0 Å². The molecule has 0 aliphatic carbocycles. The highest BCUT2D eigenvalue weighted by molar-refractivity contribution is 7.85. The molecule has 1 aromatic rings. The Balaban J connectivity index is 2.58. The van der Waals surface area contributed by atoms with Gasteiger partial charge in [0, 0.05) is 28.3 Å². The summed E-state index contributed by atoms with van der Waals surface area (Å²) in [6.07, 6.45) is 2.05. The zero-order valence-corrected chi connectivity index (χ0v) is 12.5. The van der Waals surface area contributed by atoms with Crippen molar-refractivity contribution in [2.75, 3.05) is 11.5 Å². The minimum Gasteiger partial charge on any atom is -0.323 e. The summed E-state index contributed by atoms with van der Waals surface area (Å²) in [6, 6.07) is 8.32. The topological polar surface area (TPSA) is 43.1 Å². The third kappa shape index (κ3) is 5.32. The van der Waals surface area contributed by atoms with E-state index >= 15 is 0 Å². The van der Waals surface area contributed by atoms with Gasteiger partial charge in [-0.15, -0.1) is 0 Å². The van der Waals surface area contributed by atoms with Crippen LogP contribution in [0.25, 0.3) is 0 Å². The van der Waals surface area contributed by atoms with Crippen molar-refractivity contribution in [2.45, 2.75) is 39.7 Å². The first-order valence-corrected chi connectivity index (χ1v) is 8.21. The maximum Gasteiger partial charge on any atom is 0.0428 e. The quantitative estimate of drug-likeness (QED) is 0.825. The Bertz CT molecular complexity index is 373. The predicted octanol–water partition coefficient (Wildman–Crippen LogP) is 3.04. The van der Waals surface area contributed by atoms with Crippen LogP contribution in [0, 0.1) is 5.92 Å². The Kier molecular flexibility index (Phi) is 6.58. The molecule has 0 amide bonds. The van der Waals surface area contributed by atoms with Crippen LogP contribution in [0.15, 0.2) is 24.3 Å². The monoisotopic (exact) mass is 267 g/mol. The summed E-state index contributed by atoms with van der Waals surface area (Å²) in [6.45, 7) is 6.48. The van der Waals surface area contributed by atoms with Gasteiger partial charge in [0.15, 0.2) is 0 Å². The molecule has 0 saturated carbocycles. The fraction of sp³-hybridized carbons (Fsp3) is 0.600. The first-order chi connectivity index (χ1) is 8.52. The van der Waals surface area contributed by atoms with Crippen molar-refractivity contribution >= 4 is 10.8 Å². The van der Waals surface area contributed by atoms with Crippen molar-refractivity contribution in [3.8, 4) is 0 Å². The highest BCUT2D eigenvalue weighted by atomic mass is 32.2. The first kappa shape index (κ1) is 15.4. The van der Waals surface area contributed by atoms with Crippen LogP contribution in [0.3, 0.4) is 0 Å². The van der Waals surface area contributed by atoms with Crippen LogP contribution in [0.1, 0.15) is 44.4 Å². The number of benzene rings is 1. The summed E-state index contributed by atoms with van der Waals surface area (Å²) in [4.78, 5) is 0. The third-order valence-electron chi connectivity index (χ3n) is 2.85. The summed E-state index contributed by atoms with van der Waals surface area (Å²) in [7, 11) is -0.790. The molecule has 2 atom stereocenters. The third-order valence-corrected chi connectivity index (χ3v) is 4.44. The van der Waals surface area contributed by atoms with Crippen molar-refractivity contribution in [2.24, 2.45) is 11.7 Å². The number of nitrogens with two attached hydrogens (primary N) is 1. The van der Waals surface area contributed by atoms with Crippen LogP contribution in [0.4, 0.5) is 0 Å². The van der Waals surface area contributed by atoms with E-state index in [0.717, 1.165) is 24.2 Å². The molecule has 0 heterocycles. The normalized spacial score (nSPS) is 14.7. The van der Waals surface area contributed by atoms with Gasteiger partial charge < -0.3 is 5.73 Å². The molecule has 1 rings (SSSR count). The van der Waals surface area contributed by atoms with Gasteiger partial charge in [-0.25, -0.2) is 0 Å². The lowest BCUT2D eigenvalue weighted by Gasteiger charge is -2.12. The first-order valence-electron chi connectivity index (χ1n) is 6.72. The van der Waals surface area contributed by atoms with Gasteiger partial charge in [0.1, 0.15) is 0 Å². The van der Waals surface area contributed by atoms with Crippen LogP contribution in [0.5, 0.6) is 0 Å². The second-order valence-corrected chi connectivity index (χ2v) is 6.88. The molecule has 0 bridgehead atoms. The van der Waals surface area contributed by atoms with Gasteiger partial charge in [0.05, 0.1) is 0 Å². The number of hydrogen-bond acceptors (Lipinski definition) is 2. The molecule has 0 aliphatic rings. The fourth-order valence-electron chi connectivity index (χ4n) is 1.98. The van der Waals surface area contributed by atoms with Gasteiger partial charge in [-0.1, -0.05) is 45.0 Å². The molecule has 0 aromatic heterocycles. The molecule has 0 radical (unpaired) electrons. The Hall–Kier alpha value is -0.670. The van der Waals surface area contributed by atoms with Crippen molar-refractivity contribution in [3.05, 3.63) is 35.4 Å². The smallest absolute Gasteiger partial charge is 0.0428 e. The molecule has 2 nitrogen and oxygen atoms in total. The van der Waals surface area contributed by atoms with E-state index in [1.165, 1.54) is 5.56 Å². The zero-order chi connectivity index (χ0) is 13.5. The minimum atomic E-state index is -0.790. The SMILES string of the molecule is CCCS(=O)CC(N)c1ccc(CC(C)C)cc1. The molecule has 102 valence electrons. The van der Waals surface area contributed by atoms with Gasteiger partial charge in [-0.3, -0.25) is 4.21 Å². The van der Waals surface area contributed by atoms with Crippen LogP contribution in [-0.2, 0) is 17.2 Å². The van der Waals surface area contributed by atoms with E-state index in [4.69, 9.17) is 5.73 Å². The Morgan fingerprint density at radius 2 is 1.83 bits per heavy atom. The van der Waals surface area contributed by atoms with Crippen molar-refractivity contribution in [1.82, 2.24) is 0 Å². The van der Waals surface area contributed by atoms with Gasteiger partial charge in [0.25, 0.3) is 0 Å². The largest absolute Gasteiger partial charge is 0.323 e. The Morgan fingerprint density at radius 3 is 2.33 bits per heavy atom. The molecule has 0 fully saturated rings. The second kappa shape index (κ2) is 7.70. The average Bonchev–Trinajstić information content (AvgIpc) is 2.29. The van der Waals surface area contributed by atoms with E-state index in [-0.39, 0.29) is 6.04 Å². The maximum atomic E-state index is 11.7.